The summed E-state index contributed by atoms with van der Waals surface area (Å²) in [4.78, 5) is 9.17. The number of nitrogens with zero attached hydrogens (tertiary/aromatic N) is 5. The Morgan fingerprint density at radius 3 is 1.30 bits per heavy atom. The monoisotopic (exact) mass is 2660 g/mol. The summed E-state index contributed by atoms with van der Waals surface area (Å²) < 4.78 is 142. The van der Waals surface area contributed by atoms with Crippen molar-refractivity contribution < 1.29 is 80.3 Å². The van der Waals surface area contributed by atoms with E-state index in [-0.39, 0.29) is 63.4 Å². The fourth-order valence-corrected chi connectivity index (χ4v) is 10.0. The SMILES string of the molecule is C.CC(=O)NO.CCCC(C)I.CCCCC.CS(=O)(=O)Cc1ccc(I)c(F)c1C#N.CS(=O)(=O)Cl.CS(=O)(=O)Nc1ccc(I)c2onc(N)c12.Cc1ccc(NS(C)(=O)=O)c2c(N)noc12.N#Cc1c(N)ccc(I)c1F.N#Cc1c(N)cccc1F.[CH2-]CCC.[CH2-]CCC.[I][V]([I])[I].[I][V][I]. The first-order valence-corrected chi connectivity index (χ1v) is 64.8. The third-order valence-corrected chi connectivity index (χ3v) is 15.6. The zero-order chi connectivity index (χ0) is 82.5. The number of sulfonamides is 2. The molecule has 0 bridgehead atoms. The number of unbranched alkanes of at least 4 members (excludes halogenated alkanes) is 4. The predicted octanol–water partition coefficient (Wildman–Crippen LogP) is 20.3. The van der Waals surface area contributed by atoms with Gasteiger partial charge in [-0.3, -0.25) is 19.4 Å². The van der Waals surface area contributed by atoms with Gasteiger partial charge in [0.05, 0.1) is 74.3 Å². The number of nitrogens with two attached hydrogens (primary N) is 4. The average Bonchev–Trinajstić information content (AvgIpc) is 1.68. The molecule has 0 spiro atoms. The summed E-state index contributed by atoms with van der Waals surface area (Å²) in [6, 6.07) is 21.9. The molecule has 0 radical (unpaired) electrons. The predicted molar refractivity (Wildman–Crippen MR) is 495 cm³/mol. The van der Waals surface area contributed by atoms with Crippen molar-refractivity contribution in [1.82, 2.24) is 15.8 Å². The van der Waals surface area contributed by atoms with Crippen molar-refractivity contribution in [2.75, 3.05) is 57.4 Å². The van der Waals surface area contributed by atoms with Gasteiger partial charge in [0.25, 0.3) is 0 Å². The average molecular weight is 2660 g/mol. The Bertz CT molecular complexity index is 4110. The fourth-order valence-electron chi connectivity index (χ4n) is 6.01. The molecule has 2 heterocycles. The number of nitrogens with one attached hydrogen (secondary N) is 3. The van der Waals surface area contributed by atoms with E-state index in [4.69, 9.17) is 53.0 Å². The number of fused-ring (bicyclic) bond motifs is 2. The van der Waals surface area contributed by atoms with Crippen LogP contribution in [-0.2, 0) is 63.9 Å². The topological polar surface area (TPSA) is 437 Å². The quantitative estimate of drug-likeness (QED) is 0.0107. The van der Waals surface area contributed by atoms with Crippen LogP contribution in [0.15, 0.2) is 75.8 Å². The number of nitrogen functional groups attached to an aromatic ring is 4. The zero-order valence-electron chi connectivity index (χ0n) is 58.3. The van der Waals surface area contributed by atoms with E-state index in [0.29, 0.717) is 49.9 Å². The molecule has 43 heteroatoms. The molecule has 0 saturated heterocycles. The van der Waals surface area contributed by atoms with E-state index < -0.39 is 62.3 Å². The van der Waals surface area contributed by atoms with E-state index in [1.54, 1.807) is 65.1 Å². The number of aromatic nitrogens is 2. The number of carbonyl (C=O) groups is 1. The molecule has 2 aromatic heterocycles. The molecule has 12 N–H and O–H groups in total. The van der Waals surface area contributed by atoms with Crippen molar-refractivity contribution in [3.8, 4) is 18.2 Å². The number of alkyl halides is 1. The number of halogens is 13. The number of sulfone groups is 1. The number of amides is 1. The molecule has 1 atom stereocenters. The minimum absolute atomic E-state index is 0. The van der Waals surface area contributed by atoms with Crippen molar-refractivity contribution in [3.63, 3.8) is 0 Å². The molecule has 0 aliphatic heterocycles. The van der Waals surface area contributed by atoms with Crippen LogP contribution in [0.5, 0.6) is 0 Å². The Kier molecular flexibility index (Phi) is 74.8. The molecule has 0 fully saturated rings. The summed E-state index contributed by atoms with van der Waals surface area (Å²) >= 11 is 20.2. The summed E-state index contributed by atoms with van der Waals surface area (Å²) in [5.74, 6) is -2.17. The fraction of sp³-hybridized carbons (Fsp3) is 0.387. The zero-order valence-corrected chi connectivity index (χ0v) is 84.6. The second kappa shape index (κ2) is 66.8. The van der Waals surface area contributed by atoms with Gasteiger partial charge in [-0.05, 0) is 141 Å². The minimum atomic E-state index is -3.35. The van der Waals surface area contributed by atoms with Crippen LogP contribution in [-0.4, -0.2) is 84.0 Å². The van der Waals surface area contributed by atoms with Gasteiger partial charge in [-0.25, -0.2) is 52.3 Å². The van der Waals surface area contributed by atoms with E-state index in [0.717, 1.165) is 50.9 Å². The number of anilines is 6. The Morgan fingerprint density at radius 2 is 1.01 bits per heavy atom. The maximum atomic E-state index is 13.4. The Labute approximate surface area is 744 Å². The number of hydrogen-bond donors (Lipinski definition) is 8. The van der Waals surface area contributed by atoms with Crippen LogP contribution >= 0.6 is 201 Å². The van der Waals surface area contributed by atoms with Crippen LogP contribution in [0.2, 0.25) is 0 Å². The second-order valence-corrected chi connectivity index (χ2v) is 81.3. The molecule has 7 aromatic rings. The molecule has 105 heavy (non-hydrogen) atoms. The van der Waals surface area contributed by atoms with Crippen molar-refractivity contribution in [2.24, 2.45) is 0 Å². The maximum absolute atomic E-state index is 13.4. The summed E-state index contributed by atoms with van der Waals surface area (Å²) in [6.45, 7) is 23.4. The van der Waals surface area contributed by atoms with E-state index >= 15 is 0 Å². The molecule has 7 rings (SSSR count). The molecule has 0 aliphatic rings. The Morgan fingerprint density at radius 1 is 0.657 bits per heavy atom. The molecule has 0 aliphatic carbocycles. The number of aryl methyl sites for hydroxylation is 1. The second-order valence-electron chi connectivity index (χ2n) is 19.9. The van der Waals surface area contributed by atoms with Crippen LogP contribution in [0, 0.1) is 82.9 Å². The number of nitriles is 3. The van der Waals surface area contributed by atoms with Gasteiger partial charge in [-0.15, -0.1) is 0 Å². The first-order valence-electron chi connectivity index (χ1n) is 29.3. The summed E-state index contributed by atoms with van der Waals surface area (Å²) in [5, 5.41) is 41.3. The van der Waals surface area contributed by atoms with Gasteiger partial charge < -0.3 is 45.8 Å². The normalized spacial score (nSPS) is 10.2. The molecule has 1 amide bonds. The van der Waals surface area contributed by atoms with E-state index in [9.17, 15) is 51.6 Å². The number of benzene rings is 5. The summed E-state index contributed by atoms with van der Waals surface area (Å²) in [6.07, 6.45) is 15.4. The first kappa shape index (κ1) is 118. The van der Waals surface area contributed by atoms with E-state index in [1.165, 1.54) is 99.8 Å². The Hall–Kier alpha value is -0.641. The van der Waals surface area contributed by atoms with Crippen LogP contribution < -0.4 is 37.9 Å². The van der Waals surface area contributed by atoms with Crippen LogP contribution in [0.25, 0.3) is 21.9 Å². The number of hydroxylamine groups is 1. The third-order valence-electron chi connectivity index (χ3n) is 10.4. The van der Waals surface area contributed by atoms with Gasteiger partial charge in [0, 0.05) is 27.8 Å². The van der Waals surface area contributed by atoms with Gasteiger partial charge in [0.15, 0.2) is 44.3 Å². The van der Waals surface area contributed by atoms with E-state index in [2.05, 4.69) is 231 Å². The molecular weight excluding hydrogens is 2570 g/mol. The van der Waals surface area contributed by atoms with E-state index in [1.807, 2.05) is 29.5 Å². The molecule has 0 saturated carbocycles. The van der Waals surface area contributed by atoms with Crippen molar-refractivity contribution in [2.45, 2.75) is 130 Å². The van der Waals surface area contributed by atoms with Gasteiger partial charge in [0.1, 0.15) is 35.2 Å². The first-order chi connectivity index (χ1) is 48.0. The van der Waals surface area contributed by atoms with Crippen molar-refractivity contribution in [3.05, 3.63) is 137 Å². The molecular formula is C62H88ClF3I9N12O12S4V2-2. The van der Waals surface area contributed by atoms with Gasteiger partial charge in [-0.2, -0.15) is 28.6 Å². The number of carbonyl (C=O) groups excluding carboxylic acids is 1. The van der Waals surface area contributed by atoms with Gasteiger partial charge in [-0.1, -0.05) is 139 Å². The number of rotatable bonds is 12. The Balaban J connectivity index is -0.000000206. The van der Waals surface area contributed by atoms with Crippen molar-refractivity contribution >= 4 is 302 Å². The van der Waals surface area contributed by atoms with Gasteiger partial charge in [0.2, 0.25) is 35.0 Å². The molecule has 24 nitrogen and oxygen atoms in total. The van der Waals surface area contributed by atoms with Crippen LogP contribution in [0.3, 0.4) is 0 Å². The summed E-state index contributed by atoms with van der Waals surface area (Å²) in [7, 11) is -8.03. The van der Waals surface area contributed by atoms with Crippen LogP contribution in [0.4, 0.5) is 47.6 Å². The molecule has 5 aromatic carbocycles. The molecule has 1 unspecified atom stereocenters. The van der Waals surface area contributed by atoms with Gasteiger partial charge >= 0.3 is 114 Å². The molecule has 595 valence electrons. The summed E-state index contributed by atoms with van der Waals surface area (Å²) in [5.41, 5.74) is 26.0. The standard InChI is InChI=1S/C9H7FINO2S.C9H11N3O3S.C8H8IN3O3S.C7H4FIN2.C7H5FN2.C5H11I.C5H12.2C4H9.C2H5NO2.CH3ClO2S.CH4.5HI.2V/c1-15(13,14)5-6-2-3-8(11)9(10)7(6)4-12;1-5-3-4-6(12-16(2,13)14)7-8(5)15-11-9(7)10;1-16(13,14)12-5-3-2-4(9)7-6(5)8(10)11-15-7;8-7-4(3-10)6(11)2-1-5(7)9;8-6-2-1-3-7(10)5(6)4-9;1-3-4-5(2)6;1-3-5-4-2;2*1-3-4-2;1-2(4)3-5;1-5(2,3)4;;;;;;;;/h2-3H,5H2,1H3;3-4,12H,1-2H3,(H2,10,11);2-3,12H,1H3,(H2,10,11);1-2H,11H2;1-3H,10H2;5H,3-4H2,1-2H3;3-5H2,1-2H3;2*1,3-4H2,2H3;5H,1H3,(H,3,4);1H3;1H4;5*1H;;/q;;;;;;;2*-1;;;;;;;;;+2;+3/p-5. The van der Waals surface area contributed by atoms with Crippen molar-refractivity contribution in [1.29, 1.82) is 15.8 Å². The third kappa shape index (κ3) is 63.5. The van der Waals surface area contributed by atoms with Crippen LogP contribution in [0.1, 0.15) is 141 Å². The number of hydrogen-bond acceptors (Lipinski definition) is 21.